The summed E-state index contributed by atoms with van der Waals surface area (Å²) in [5, 5.41) is 9.41. The van der Waals surface area contributed by atoms with Gasteiger partial charge in [-0.3, -0.25) is 5.10 Å². The van der Waals surface area contributed by atoms with Gasteiger partial charge in [-0.15, -0.1) is 0 Å². The van der Waals surface area contributed by atoms with Crippen molar-refractivity contribution >= 4 is 63.6 Å². The molecule has 3 heterocycles. The third-order valence-corrected chi connectivity index (χ3v) is 4.65. The van der Waals surface area contributed by atoms with E-state index >= 15 is 0 Å². The van der Waals surface area contributed by atoms with Gasteiger partial charge < -0.3 is 9.64 Å². The molecule has 1 aliphatic rings. The van der Waals surface area contributed by atoms with Crippen LogP contribution in [0, 0.1) is 0 Å². The first-order valence-electron chi connectivity index (χ1n) is 7.05. The van der Waals surface area contributed by atoms with Gasteiger partial charge in [0.15, 0.2) is 0 Å². The summed E-state index contributed by atoms with van der Waals surface area (Å²) >= 11 is 9.70. The van der Waals surface area contributed by atoms with Crippen molar-refractivity contribution in [1.82, 2.24) is 20.2 Å². The predicted molar refractivity (Wildman–Crippen MR) is 95.3 cm³/mol. The molecular weight excluding hydrogens is 380 g/mol. The lowest BCUT2D eigenvalue weighted by Crippen LogP contribution is -2.27. The fourth-order valence-electron chi connectivity index (χ4n) is 2.82. The van der Waals surface area contributed by atoms with Crippen molar-refractivity contribution in [2.75, 3.05) is 31.2 Å². The van der Waals surface area contributed by atoms with E-state index in [2.05, 4.69) is 41.0 Å². The first kappa shape index (κ1) is 16.5. The van der Waals surface area contributed by atoms with Crippen molar-refractivity contribution in [3.05, 3.63) is 22.0 Å². The summed E-state index contributed by atoms with van der Waals surface area (Å²) < 4.78 is 6.47. The molecule has 4 rings (SSSR count). The van der Waals surface area contributed by atoms with E-state index < -0.39 is 0 Å². The Hall–Kier alpha value is -1.38. The lowest BCUT2D eigenvalue weighted by Gasteiger charge is -2.22. The Morgan fingerprint density at radius 3 is 3.00 bits per heavy atom. The lowest BCUT2D eigenvalue weighted by atomic mass is 10.1. The molecule has 0 atom stereocenters. The molecule has 1 N–H and O–H groups in total. The van der Waals surface area contributed by atoms with E-state index in [0.29, 0.717) is 6.61 Å². The number of H-pyrrole nitrogens is 1. The lowest BCUT2D eigenvalue weighted by molar-refractivity contribution is 0.152. The van der Waals surface area contributed by atoms with Crippen LogP contribution in [0.4, 0.5) is 5.82 Å². The number of rotatable bonds is 1. The zero-order chi connectivity index (χ0) is 15.1. The molecule has 9 heteroatoms. The van der Waals surface area contributed by atoms with Crippen LogP contribution in [0.3, 0.4) is 0 Å². The van der Waals surface area contributed by atoms with Crippen molar-refractivity contribution in [3.8, 4) is 0 Å². The number of aromatic nitrogens is 4. The highest BCUT2D eigenvalue weighted by Gasteiger charge is 2.19. The zero-order valence-electron chi connectivity index (χ0n) is 12.2. The van der Waals surface area contributed by atoms with Crippen LogP contribution in [0.25, 0.3) is 21.8 Å². The predicted octanol–water partition coefficient (Wildman–Crippen LogP) is 2.77. The number of ether oxygens (including phenoxy) is 1. The second-order valence-corrected chi connectivity index (χ2v) is 6.37. The van der Waals surface area contributed by atoms with Crippen LogP contribution in [0.5, 0.6) is 0 Å². The van der Waals surface area contributed by atoms with Gasteiger partial charge in [-0.05, 0) is 40.0 Å². The maximum Gasteiger partial charge on any atom is 0.224 e. The number of halogens is 2. The molecule has 23 heavy (non-hydrogen) atoms. The average molecular weight is 393 g/mol. The molecule has 0 aliphatic carbocycles. The van der Waals surface area contributed by atoms with Gasteiger partial charge >= 0.3 is 0 Å². The highest BCUT2D eigenvalue weighted by molar-refractivity contribution is 9.10. The minimum atomic E-state index is 0. The monoisotopic (exact) mass is 392 g/mol. The molecule has 3 aromatic rings. The first-order valence-corrected chi connectivity index (χ1v) is 8.22. The Labute approximate surface area is 148 Å². The van der Waals surface area contributed by atoms with E-state index in [1.165, 1.54) is 0 Å². The third-order valence-electron chi connectivity index (χ3n) is 3.82. The summed E-state index contributed by atoms with van der Waals surface area (Å²) in [6, 6.07) is 1.96. The van der Waals surface area contributed by atoms with Crippen LogP contribution in [0.15, 0.2) is 16.7 Å². The average Bonchev–Trinajstić information content (AvgIpc) is 2.82. The Morgan fingerprint density at radius 1 is 1.26 bits per heavy atom. The van der Waals surface area contributed by atoms with Crippen LogP contribution < -0.4 is 4.90 Å². The van der Waals surface area contributed by atoms with Crippen LogP contribution in [0.2, 0.25) is 5.28 Å². The Morgan fingerprint density at radius 2 is 2.13 bits per heavy atom. The maximum absolute atomic E-state index is 6.14. The van der Waals surface area contributed by atoms with Gasteiger partial charge in [0, 0.05) is 38.0 Å². The van der Waals surface area contributed by atoms with Crippen molar-refractivity contribution in [2.45, 2.75) is 6.42 Å². The number of aromatic amines is 1. The molecule has 1 fully saturated rings. The number of nitrogens with zero attached hydrogens (tertiary/aromatic N) is 4. The molecule has 2 aromatic heterocycles. The number of nitrogens with one attached hydrogen (secondary N) is 1. The van der Waals surface area contributed by atoms with E-state index in [1.807, 2.05) is 6.07 Å². The van der Waals surface area contributed by atoms with E-state index in [9.17, 15) is 0 Å². The summed E-state index contributed by atoms with van der Waals surface area (Å²) in [4.78, 5) is 11.1. The Balaban J connectivity index is 0.00000156. The van der Waals surface area contributed by atoms with Gasteiger partial charge in [0.2, 0.25) is 5.28 Å². The normalized spacial score (nSPS) is 15.7. The fraction of sp³-hybridized carbons (Fsp3) is 0.357. The molecular formula is C14H13BBrClN5O. The topological polar surface area (TPSA) is 66.9 Å². The quantitative estimate of drug-likeness (QED) is 0.509. The summed E-state index contributed by atoms with van der Waals surface area (Å²) in [5.74, 6) is 0.835. The van der Waals surface area contributed by atoms with Crippen molar-refractivity contribution in [3.63, 3.8) is 0 Å². The molecule has 0 saturated carbocycles. The summed E-state index contributed by atoms with van der Waals surface area (Å²) in [7, 11) is 0. The van der Waals surface area contributed by atoms with Crippen molar-refractivity contribution in [1.29, 1.82) is 0 Å². The van der Waals surface area contributed by atoms with E-state index in [-0.39, 0.29) is 13.7 Å². The summed E-state index contributed by atoms with van der Waals surface area (Å²) in [5.41, 5.74) is 1.71. The summed E-state index contributed by atoms with van der Waals surface area (Å²) in [6.45, 7) is 3.13. The highest BCUT2D eigenvalue weighted by atomic mass is 79.9. The number of anilines is 1. The van der Waals surface area contributed by atoms with Crippen LogP contribution in [0.1, 0.15) is 6.42 Å². The maximum atomic E-state index is 6.14. The number of hydrogen-bond acceptors (Lipinski definition) is 5. The smallest absolute Gasteiger partial charge is 0.224 e. The summed E-state index contributed by atoms with van der Waals surface area (Å²) in [6.07, 6.45) is 2.76. The molecule has 0 unspecified atom stereocenters. The van der Waals surface area contributed by atoms with E-state index in [0.717, 1.165) is 58.2 Å². The zero-order valence-corrected chi connectivity index (χ0v) is 14.6. The minimum Gasteiger partial charge on any atom is -0.380 e. The fourth-order valence-corrected chi connectivity index (χ4v) is 3.51. The van der Waals surface area contributed by atoms with Gasteiger partial charge in [-0.1, -0.05) is 0 Å². The van der Waals surface area contributed by atoms with Crippen LogP contribution in [-0.2, 0) is 4.74 Å². The van der Waals surface area contributed by atoms with E-state index in [1.54, 1.807) is 6.20 Å². The largest absolute Gasteiger partial charge is 0.380 e. The van der Waals surface area contributed by atoms with Gasteiger partial charge in [0.05, 0.1) is 29.2 Å². The Kier molecular flexibility index (Phi) is 4.75. The molecule has 0 spiro atoms. The molecule has 1 aliphatic heterocycles. The van der Waals surface area contributed by atoms with Gasteiger partial charge in [-0.2, -0.15) is 10.1 Å². The molecule has 1 aromatic carbocycles. The second kappa shape index (κ2) is 6.63. The molecule has 1 saturated heterocycles. The first-order chi connectivity index (χ1) is 10.7. The molecule has 3 radical (unpaired) electrons. The molecule has 6 nitrogen and oxygen atoms in total. The van der Waals surface area contributed by atoms with Gasteiger partial charge in [0.25, 0.3) is 0 Å². The minimum absolute atomic E-state index is 0. The standard InChI is InChI=1S/C14H13BrClN5O.B/c15-9-6-10-11(12-8(9)7-17-20-12)13(19-14(16)18-10)21-2-1-4-22-5-3-21;/h6-7H,1-5H2,(H,17,20);. The van der Waals surface area contributed by atoms with Crippen molar-refractivity contribution < 1.29 is 4.74 Å². The highest BCUT2D eigenvalue weighted by Crippen LogP contribution is 2.35. The molecule has 117 valence electrons. The third kappa shape index (κ3) is 2.91. The Bertz CT molecular complexity index is 850. The van der Waals surface area contributed by atoms with Gasteiger partial charge in [0.1, 0.15) is 5.82 Å². The SMILES string of the molecule is Clc1nc(N2CCCOCC2)c2c(cc(Br)c3cn[nH]c32)n1.[B]. The number of benzene rings is 1. The number of hydrogen-bond donors (Lipinski definition) is 1. The molecule has 0 amide bonds. The second-order valence-electron chi connectivity index (χ2n) is 5.18. The number of fused-ring (bicyclic) bond motifs is 3. The van der Waals surface area contributed by atoms with Crippen molar-refractivity contribution in [2.24, 2.45) is 0 Å². The van der Waals surface area contributed by atoms with Gasteiger partial charge in [-0.25, -0.2) is 4.98 Å². The molecule has 0 bridgehead atoms. The van der Waals surface area contributed by atoms with Crippen LogP contribution >= 0.6 is 27.5 Å². The van der Waals surface area contributed by atoms with E-state index in [4.69, 9.17) is 16.3 Å². The van der Waals surface area contributed by atoms with Crippen LogP contribution in [-0.4, -0.2) is 54.9 Å².